The minimum absolute atomic E-state index is 0.382. The van der Waals surface area contributed by atoms with E-state index in [4.69, 9.17) is 5.11 Å². The number of carbonyl (C=O) groups excluding carboxylic acids is 1. The Labute approximate surface area is 107 Å². The fourth-order valence-electron chi connectivity index (χ4n) is 1.48. The van der Waals surface area contributed by atoms with Gasteiger partial charge in [0.1, 0.15) is 6.54 Å². The first-order chi connectivity index (χ1) is 8.90. The van der Waals surface area contributed by atoms with Gasteiger partial charge in [0.15, 0.2) is 0 Å². The number of carboxylic acid groups (broad SMARTS) is 1. The molecule has 10 heteroatoms. The van der Waals surface area contributed by atoms with Gasteiger partial charge < -0.3 is 20.1 Å². The summed E-state index contributed by atoms with van der Waals surface area (Å²) in [4.78, 5) is 37.0. The molecule has 0 aromatic carbocycles. The third-order valence-corrected chi connectivity index (χ3v) is 2.42. The first-order valence-electron chi connectivity index (χ1n) is 5.51. The highest BCUT2D eigenvalue weighted by molar-refractivity contribution is 5.84. The maximum atomic E-state index is 11.8. The summed E-state index contributed by atoms with van der Waals surface area (Å²) in [6, 6.07) is 0. The molecule has 0 aliphatic carbocycles. The number of aromatic nitrogens is 3. The second-order valence-electron chi connectivity index (χ2n) is 3.52. The fourth-order valence-corrected chi connectivity index (χ4v) is 1.48. The number of aromatic carboxylic acids is 1. The van der Waals surface area contributed by atoms with Crippen LogP contribution in [0.4, 0.5) is 5.95 Å². The summed E-state index contributed by atoms with van der Waals surface area (Å²) in [5, 5.41) is 22.8. The molecule has 1 rings (SSSR count). The molecule has 19 heavy (non-hydrogen) atoms. The number of rotatable bonds is 6. The Morgan fingerprint density at radius 3 is 2.42 bits per heavy atom. The van der Waals surface area contributed by atoms with Crippen LogP contribution >= 0.6 is 0 Å². The lowest BCUT2D eigenvalue weighted by Crippen LogP contribution is -2.34. The predicted molar refractivity (Wildman–Crippen MR) is 61.6 cm³/mol. The van der Waals surface area contributed by atoms with E-state index in [1.807, 2.05) is 0 Å². The van der Waals surface area contributed by atoms with Crippen LogP contribution in [0.3, 0.4) is 0 Å². The smallest absolute Gasteiger partial charge is 0.474 e. The number of amides is 1. The average molecular weight is 271 g/mol. The Balaban J connectivity index is 3.02. The van der Waals surface area contributed by atoms with E-state index in [-0.39, 0.29) is 5.91 Å². The van der Waals surface area contributed by atoms with Crippen LogP contribution in [0.15, 0.2) is 0 Å². The average Bonchev–Trinajstić information content (AvgIpc) is 2.74. The second kappa shape index (κ2) is 5.89. The Morgan fingerprint density at radius 2 is 2.00 bits per heavy atom. The Kier molecular flexibility index (Phi) is 4.51. The van der Waals surface area contributed by atoms with E-state index in [1.165, 1.54) is 4.90 Å². The number of nitrogens with zero attached hydrogens (tertiary/aromatic N) is 5. The van der Waals surface area contributed by atoms with Gasteiger partial charge in [0.05, 0.1) is 0 Å². The van der Waals surface area contributed by atoms with Crippen molar-refractivity contribution in [3.8, 4) is 0 Å². The summed E-state index contributed by atoms with van der Waals surface area (Å²) in [5.41, 5.74) is 0. The molecule has 104 valence electrons. The monoisotopic (exact) mass is 271 g/mol. The molecular formula is C9H13N5O5. The molecule has 1 amide bonds. The molecule has 0 spiro atoms. The van der Waals surface area contributed by atoms with Crippen LogP contribution in [0.2, 0.25) is 0 Å². The van der Waals surface area contributed by atoms with Crippen molar-refractivity contribution < 1.29 is 19.6 Å². The van der Waals surface area contributed by atoms with E-state index >= 15 is 0 Å². The lowest BCUT2D eigenvalue weighted by molar-refractivity contribution is -0.394. The van der Waals surface area contributed by atoms with Gasteiger partial charge in [-0.05, 0) is 23.8 Å². The number of likely N-dealkylation sites (N-methyl/N-ethyl adjacent to an activating group) is 1. The molecule has 0 atom stereocenters. The number of hydrogen-bond donors (Lipinski definition) is 1. The molecule has 0 aliphatic rings. The predicted octanol–water partition coefficient (Wildman–Crippen LogP) is -0.247. The molecule has 1 heterocycles. The van der Waals surface area contributed by atoms with Crippen molar-refractivity contribution >= 4 is 17.8 Å². The summed E-state index contributed by atoms with van der Waals surface area (Å²) in [5.74, 6) is -3.34. The third-order valence-electron chi connectivity index (χ3n) is 2.42. The maximum absolute atomic E-state index is 11.8. The number of carbonyl (C=O) groups is 2. The van der Waals surface area contributed by atoms with Crippen LogP contribution in [-0.4, -0.2) is 54.7 Å². The second-order valence-corrected chi connectivity index (χ2v) is 3.52. The Bertz CT molecular complexity index is 507. The summed E-state index contributed by atoms with van der Waals surface area (Å²) >= 11 is 0. The zero-order chi connectivity index (χ0) is 14.6. The molecule has 10 nitrogen and oxygen atoms in total. The summed E-state index contributed by atoms with van der Waals surface area (Å²) in [7, 11) is 0. The van der Waals surface area contributed by atoms with Crippen LogP contribution < -0.4 is 0 Å². The van der Waals surface area contributed by atoms with Crippen molar-refractivity contribution in [3.05, 3.63) is 15.9 Å². The van der Waals surface area contributed by atoms with E-state index in [0.29, 0.717) is 13.1 Å². The van der Waals surface area contributed by atoms with Crippen molar-refractivity contribution in [2.24, 2.45) is 0 Å². The largest absolute Gasteiger partial charge is 0.491 e. The van der Waals surface area contributed by atoms with E-state index in [2.05, 4.69) is 10.1 Å². The SMILES string of the molecule is CCN(CC)C(=O)Cn1nc([N+](=O)[O-])nc1C(=O)O. The summed E-state index contributed by atoms with van der Waals surface area (Å²) < 4.78 is 0.723. The van der Waals surface area contributed by atoms with Gasteiger partial charge in [-0.25, -0.2) is 4.79 Å². The summed E-state index contributed by atoms with van der Waals surface area (Å²) in [6.45, 7) is 4.04. The van der Waals surface area contributed by atoms with Crippen molar-refractivity contribution in [2.75, 3.05) is 13.1 Å². The van der Waals surface area contributed by atoms with Gasteiger partial charge in [-0.3, -0.25) is 4.79 Å². The van der Waals surface area contributed by atoms with Gasteiger partial charge in [0.2, 0.25) is 5.91 Å². The van der Waals surface area contributed by atoms with Crippen molar-refractivity contribution in [3.63, 3.8) is 0 Å². The van der Waals surface area contributed by atoms with Crippen LogP contribution in [0.5, 0.6) is 0 Å². The topological polar surface area (TPSA) is 131 Å². The van der Waals surface area contributed by atoms with Crippen molar-refractivity contribution in [1.82, 2.24) is 19.7 Å². The molecular weight excluding hydrogens is 258 g/mol. The molecule has 1 N–H and O–H groups in total. The standard InChI is InChI=1S/C9H13N5O5/c1-3-12(4-2)6(15)5-13-7(8(16)17)10-9(11-13)14(18)19/h3-5H2,1-2H3,(H,16,17). The molecule has 0 saturated carbocycles. The zero-order valence-electron chi connectivity index (χ0n) is 10.4. The van der Waals surface area contributed by atoms with Gasteiger partial charge in [-0.2, -0.15) is 4.68 Å². The van der Waals surface area contributed by atoms with Crippen molar-refractivity contribution in [2.45, 2.75) is 20.4 Å². The normalized spacial score (nSPS) is 10.2. The maximum Gasteiger partial charge on any atom is 0.491 e. The Morgan fingerprint density at radius 1 is 1.42 bits per heavy atom. The Hall–Kier alpha value is -2.52. The van der Waals surface area contributed by atoms with Gasteiger partial charge in [-0.15, -0.1) is 0 Å². The molecule has 0 bridgehead atoms. The first-order valence-corrected chi connectivity index (χ1v) is 5.51. The van der Waals surface area contributed by atoms with Crippen LogP contribution in [0, 0.1) is 10.1 Å². The van der Waals surface area contributed by atoms with E-state index < -0.39 is 29.2 Å². The van der Waals surface area contributed by atoms with Crippen LogP contribution in [-0.2, 0) is 11.3 Å². The molecule has 0 saturated heterocycles. The quantitative estimate of drug-likeness (QED) is 0.557. The van der Waals surface area contributed by atoms with Gasteiger partial charge in [0.25, 0.3) is 0 Å². The molecule has 1 aromatic heterocycles. The molecule has 0 unspecified atom stereocenters. The van der Waals surface area contributed by atoms with Gasteiger partial charge in [-0.1, -0.05) is 0 Å². The highest BCUT2D eigenvalue weighted by atomic mass is 16.6. The minimum atomic E-state index is -1.48. The van der Waals surface area contributed by atoms with Crippen LogP contribution in [0.1, 0.15) is 24.5 Å². The first kappa shape index (κ1) is 14.5. The highest BCUT2D eigenvalue weighted by Gasteiger charge is 2.28. The number of carboxylic acids is 1. The molecule has 0 radical (unpaired) electrons. The van der Waals surface area contributed by atoms with Gasteiger partial charge >= 0.3 is 17.7 Å². The van der Waals surface area contributed by atoms with E-state index in [9.17, 15) is 19.7 Å². The van der Waals surface area contributed by atoms with Crippen LogP contribution in [0.25, 0.3) is 0 Å². The zero-order valence-corrected chi connectivity index (χ0v) is 10.4. The fraction of sp³-hybridized carbons (Fsp3) is 0.556. The molecule has 0 fully saturated rings. The third kappa shape index (κ3) is 3.24. The summed E-state index contributed by atoms with van der Waals surface area (Å²) in [6.07, 6.45) is 0. The lowest BCUT2D eigenvalue weighted by atomic mass is 10.4. The minimum Gasteiger partial charge on any atom is -0.474 e. The molecule has 1 aromatic rings. The van der Waals surface area contributed by atoms with E-state index in [1.54, 1.807) is 13.8 Å². The van der Waals surface area contributed by atoms with Crippen molar-refractivity contribution in [1.29, 1.82) is 0 Å². The lowest BCUT2D eigenvalue weighted by Gasteiger charge is -2.17. The van der Waals surface area contributed by atoms with E-state index in [0.717, 1.165) is 4.68 Å². The number of hydrogen-bond acceptors (Lipinski definition) is 6. The highest BCUT2D eigenvalue weighted by Crippen LogP contribution is 2.07. The number of nitro groups is 1. The van der Waals surface area contributed by atoms with Gasteiger partial charge in [0, 0.05) is 18.2 Å². The molecule has 0 aliphatic heterocycles.